The third-order valence-corrected chi connectivity index (χ3v) is 6.37. The maximum atomic E-state index is 6.42. The second-order valence-corrected chi connectivity index (χ2v) is 8.79. The molecular formula is C24H50N2. The minimum Gasteiger partial charge on any atom is -0.326 e. The molecule has 2 nitrogen and oxygen atoms in total. The average Bonchev–Trinajstić information content (AvgIpc) is 2.99. The molecule has 0 aromatic rings. The van der Waals surface area contributed by atoms with Crippen molar-refractivity contribution in [1.29, 1.82) is 0 Å². The van der Waals surface area contributed by atoms with Crippen LogP contribution in [0.4, 0.5) is 0 Å². The number of hydrogen-bond donors (Lipinski definition) is 1. The molecule has 156 valence electrons. The van der Waals surface area contributed by atoms with E-state index in [0.717, 1.165) is 0 Å². The largest absolute Gasteiger partial charge is 0.326 e. The fraction of sp³-hybridized carbons (Fsp3) is 1.00. The predicted molar refractivity (Wildman–Crippen MR) is 118 cm³/mol. The van der Waals surface area contributed by atoms with Gasteiger partial charge in [0.05, 0.1) is 0 Å². The molecule has 0 radical (unpaired) electrons. The lowest BCUT2D eigenvalue weighted by Gasteiger charge is -2.26. The Labute approximate surface area is 165 Å². The van der Waals surface area contributed by atoms with Crippen molar-refractivity contribution in [2.45, 2.75) is 142 Å². The van der Waals surface area contributed by atoms with Gasteiger partial charge in [0.1, 0.15) is 0 Å². The fourth-order valence-electron chi connectivity index (χ4n) is 4.55. The van der Waals surface area contributed by atoms with Crippen LogP contribution in [0.15, 0.2) is 0 Å². The summed E-state index contributed by atoms with van der Waals surface area (Å²) in [4.78, 5) is 2.73. The van der Waals surface area contributed by atoms with Gasteiger partial charge >= 0.3 is 0 Å². The Morgan fingerprint density at radius 2 is 1.12 bits per heavy atom. The lowest BCUT2D eigenvalue weighted by Crippen LogP contribution is -2.39. The van der Waals surface area contributed by atoms with Gasteiger partial charge in [0.2, 0.25) is 0 Å². The molecule has 1 aliphatic heterocycles. The molecule has 0 spiro atoms. The summed E-state index contributed by atoms with van der Waals surface area (Å²) in [6, 6.07) is 1.12. The molecule has 2 N–H and O–H groups in total. The summed E-state index contributed by atoms with van der Waals surface area (Å²) < 4.78 is 0. The van der Waals surface area contributed by atoms with Crippen LogP contribution in [0.2, 0.25) is 0 Å². The summed E-state index contributed by atoms with van der Waals surface area (Å²) in [7, 11) is 0. The lowest BCUT2D eigenvalue weighted by molar-refractivity contribution is 0.223. The van der Waals surface area contributed by atoms with Crippen molar-refractivity contribution < 1.29 is 0 Å². The Kier molecular flexibility index (Phi) is 15.7. The summed E-state index contributed by atoms with van der Waals surface area (Å²) in [6.07, 6.45) is 25.3. The van der Waals surface area contributed by atoms with Gasteiger partial charge in [-0.2, -0.15) is 0 Å². The van der Waals surface area contributed by atoms with E-state index in [1.165, 1.54) is 129 Å². The topological polar surface area (TPSA) is 29.3 Å². The molecule has 0 aromatic carbocycles. The highest BCUT2D eigenvalue weighted by atomic mass is 15.2. The summed E-state index contributed by atoms with van der Waals surface area (Å²) in [6.45, 7) is 7.14. The van der Waals surface area contributed by atoms with Crippen LogP contribution < -0.4 is 5.73 Å². The summed E-state index contributed by atoms with van der Waals surface area (Å²) in [5.74, 6) is 0. The minimum absolute atomic E-state index is 0.439. The Bertz CT molecular complexity index is 292. The van der Waals surface area contributed by atoms with E-state index >= 15 is 0 Å². The monoisotopic (exact) mass is 366 g/mol. The van der Waals surface area contributed by atoms with Crippen LogP contribution in [0.5, 0.6) is 0 Å². The van der Waals surface area contributed by atoms with Crippen molar-refractivity contribution in [3.8, 4) is 0 Å². The van der Waals surface area contributed by atoms with Crippen molar-refractivity contribution in [2.24, 2.45) is 5.73 Å². The van der Waals surface area contributed by atoms with Gasteiger partial charge in [0.25, 0.3) is 0 Å². The van der Waals surface area contributed by atoms with Crippen LogP contribution in [0.1, 0.15) is 129 Å². The first-order chi connectivity index (χ1) is 12.8. The van der Waals surface area contributed by atoms with E-state index in [4.69, 9.17) is 5.73 Å². The number of rotatable bonds is 18. The van der Waals surface area contributed by atoms with Crippen LogP contribution in [0.3, 0.4) is 0 Å². The Morgan fingerprint density at radius 3 is 1.65 bits per heavy atom. The third-order valence-electron chi connectivity index (χ3n) is 6.37. The van der Waals surface area contributed by atoms with Crippen molar-refractivity contribution in [3.63, 3.8) is 0 Å². The van der Waals surface area contributed by atoms with Gasteiger partial charge in [0, 0.05) is 18.6 Å². The molecule has 0 bridgehead atoms. The zero-order valence-electron chi connectivity index (χ0n) is 18.3. The molecule has 1 rings (SSSR count). The molecule has 2 unspecified atom stereocenters. The van der Waals surface area contributed by atoms with Crippen molar-refractivity contribution >= 4 is 0 Å². The van der Waals surface area contributed by atoms with E-state index in [-0.39, 0.29) is 0 Å². The number of hydrogen-bond acceptors (Lipinski definition) is 2. The second-order valence-electron chi connectivity index (χ2n) is 8.79. The maximum Gasteiger partial charge on any atom is 0.0247 e. The Morgan fingerprint density at radius 1 is 0.654 bits per heavy atom. The normalized spacial score (nSPS) is 20.9. The van der Waals surface area contributed by atoms with Crippen LogP contribution in [-0.2, 0) is 0 Å². The molecule has 0 amide bonds. The number of nitrogens with two attached hydrogens (primary N) is 1. The quantitative estimate of drug-likeness (QED) is 0.263. The second kappa shape index (κ2) is 17.0. The van der Waals surface area contributed by atoms with Gasteiger partial charge in [-0.25, -0.2) is 0 Å². The van der Waals surface area contributed by atoms with E-state index < -0.39 is 0 Å². The van der Waals surface area contributed by atoms with E-state index in [9.17, 15) is 0 Å². The highest BCUT2D eigenvalue weighted by molar-refractivity contribution is 4.89. The molecule has 1 heterocycles. The predicted octanol–water partition coefficient (Wildman–Crippen LogP) is 7.06. The zero-order valence-corrected chi connectivity index (χ0v) is 18.3. The highest BCUT2D eigenvalue weighted by Gasteiger charge is 2.30. The molecule has 26 heavy (non-hydrogen) atoms. The maximum absolute atomic E-state index is 6.42. The molecule has 2 heteroatoms. The van der Waals surface area contributed by atoms with E-state index in [2.05, 4.69) is 18.7 Å². The molecule has 2 atom stereocenters. The molecule has 1 saturated heterocycles. The number of unbranched alkanes of at least 4 members (excludes halogenated alkanes) is 14. The van der Waals surface area contributed by atoms with Gasteiger partial charge in [-0.3, -0.25) is 4.90 Å². The summed E-state index contributed by atoms with van der Waals surface area (Å²) in [5, 5.41) is 0. The SMILES string of the molecule is CCCCCCCCCCC1C(N)CCN1CCCCCCCCCC. The lowest BCUT2D eigenvalue weighted by atomic mass is 10.0. The van der Waals surface area contributed by atoms with Gasteiger partial charge in [-0.1, -0.05) is 110 Å². The molecule has 0 aromatic heterocycles. The standard InChI is InChI=1S/C24H50N2/c1-3-5-7-9-11-13-15-17-19-24-23(25)20-22-26(24)21-18-16-14-12-10-8-6-4-2/h23-24H,3-22,25H2,1-2H3. The van der Waals surface area contributed by atoms with Gasteiger partial charge in [-0.05, 0) is 25.8 Å². The Hall–Kier alpha value is -0.0800. The molecular weight excluding hydrogens is 316 g/mol. The molecule has 1 fully saturated rings. The van der Waals surface area contributed by atoms with Gasteiger partial charge in [-0.15, -0.1) is 0 Å². The summed E-state index contributed by atoms with van der Waals surface area (Å²) in [5.41, 5.74) is 6.42. The first-order valence-electron chi connectivity index (χ1n) is 12.3. The van der Waals surface area contributed by atoms with E-state index in [1.54, 1.807) is 0 Å². The Balaban J connectivity index is 2.01. The van der Waals surface area contributed by atoms with E-state index in [1.807, 2.05) is 0 Å². The third kappa shape index (κ3) is 11.6. The smallest absolute Gasteiger partial charge is 0.0247 e. The van der Waals surface area contributed by atoms with Crippen molar-refractivity contribution in [1.82, 2.24) is 4.90 Å². The van der Waals surface area contributed by atoms with Gasteiger partial charge in [0.15, 0.2) is 0 Å². The zero-order chi connectivity index (χ0) is 18.9. The molecule has 1 aliphatic rings. The van der Waals surface area contributed by atoms with Gasteiger partial charge < -0.3 is 5.73 Å². The first kappa shape index (κ1) is 24.0. The van der Waals surface area contributed by atoms with Crippen LogP contribution >= 0.6 is 0 Å². The summed E-state index contributed by atoms with van der Waals surface area (Å²) >= 11 is 0. The average molecular weight is 367 g/mol. The molecule has 0 aliphatic carbocycles. The van der Waals surface area contributed by atoms with Crippen LogP contribution in [-0.4, -0.2) is 30.1 Å². The number of nitrogens with zero attached hydrogens (tertiary/aromatic N) is 1. The van der Waals surface area contributed by atoms with E-state index in [0.29, 0.717) is 12.1 Å². The highest BCUT2D eigenvalue weighted by Crippen LogP contribution is 2.23. The fourth-order valence-corrected chi connectivity index (χ4v) is 4.55. The minimum atomic E-state index is 0.439. The first-order valence-corrected chi connectivity index (χ1v) is 12.3. The van der Waals surface area contributed by atoms with Crippen LogP contribution in [0, 0.1) is 0 Å². The van der Waals surface area contributed by atoms with Crippen molar-refractivity contribution in [2.75, 3.05) is 13.1 Å². The van der Waals surface area contributed by atoms with Crippen molar-refractivity contribution in [3.05, 3.63) is 0 Å². The number of likely N-dealkylation sites (tertiary alicyclic amines) is 1. The van der Waals surface area contributed by atoms with Crippen LogP contribution in [0.25, 0.3) is 0 Å². The molecule has 0 saturated carbocycles.